The summed E-state index contributed by atoms with van der Waals surface area (Å²) >= 11 is 0. The van der Waals surface area contributed by atoms with Gasteiger partial charge in [-0.1, -0.05) is 204 Å². The molecule has 3 aliphatic rings. The fourth-order valence-corrected chi connectivity index (χ4v) is 11.9. The molecular formula is C61H47N. The van der Waals surface area contributed by atoms with Crippen molar-refractivity contribution in [1.29, 1.82) is 0 Å². The standard InChI is InChI=1S/C61H47N/c1-59(2)52-30-15-12-29-48(52)49-35-36-50-51-39-44(34-37-53(51)60(3,4)58(50)57(49)59)62(42-23-9-6-10-24-42)43-25-19-20-40(38-43)45-26-11-16-31-54(45)61(41-21-7-5-8-22-41)55-32-17-13-27-46(55)47-28-14-18-33-56(47)61/h5-39H,1-4H3. The van der Waals surface area contributed by atoms with Crippen LogP contribution in [-0.2, 0) is 16.2 Å². The maximum absolute atomic E-state index is 2.45. The zero-order chi connectivity index (χ0) is 41.8. The topological polar surface area (TPSA) is 3.24 Å². The first-order valence-electron chi connectivity index (χ1n) is 22.0. The van der Waals surface area contributed by atoms with Crippen molar-refractivity contribution in [3.8, 4) is 44.5 Å². The number of nitrogens with zero attached hydrogens (tertiary/aromatic N) is 1. The smallest absolute Gasteiger partial charge is 0.0719 e. The third-order valence-corrected chi connectivity index (χ3v) is 14.5. The Morgan fingerprint density at radius 1 is 0.290 bits per heavy atom. The van der Waals surface area contributed by atoms with Gasteiger partial charge in [-0.3, -0.25) is 0 Å². The summed E-state index contributed by atoms with van der Waals surface area (Å²) in [6, 6.07) is 79.3. The summed E-state index contributed by atoms with van der Waals surface area (Å²) in [4.78, 5) is 2.44. The second kappa shape index (κ2) is 13.4. The van der Waals surface area contributed by atoms with Crippen LogP contribution in [-0.4, -0.2) is 0 Å². The Kier molecular flexibility index (Phi) is 7.91. The van der Waals surface area contributed by atoms with Gasteiger partial charge >= 0.3 is 0 Å². The van der Waals surface area contributed by atoms with E-state index >= 15 is 0 Å². The van der Waals surface area contributed by atoms with E-state index in [9.17, 15) is 0 Å². The number of anilines is 3. The molecule has 12 rings (SSSR count). The third kappa shape index (κ3) is 4.97. The van der Waals surface area contributed by atoms with Gasteiger partial charge in [0.2, 0.25) is 0 Å². The molecule has 296 valence electrons. The molecule has 0 amide bonds. The van der Waals surface area contributed by atoms with Crippen molar-refractivity contribution in [1.82, 2.24) is 0 Å². The number of rotatable bonds is 6. The van der Waals surface area contributed by atoms with Gasteiger partial charge in [-0.05, 0) is 125 Å². The quantitative estimate of drug-likeness (QED) is 0.162. The zero-order valence-electron chi connectivity index (χ0n) is 35.7. The highest BCUT2D eigenvalue weighted by Gasteiger charge is 2.48. The van der Waals surface area contributed by atoms with E-state index < -0.39 is 5.41 Å². The molecule has 9 aromatic rings. The van der Waals surface area contributed by atoms with Gasteiger partial charge in [0.05, 0.1) is 5.41 Å². The van der Waals surface area contributed by atoms with Crippen molar-refractivity contribution >= 4 is 17.1 Å². The van der Waals surface area contributed by atoms with Crippen LogP contribution in [0.1, 0.15) is 72.2 Å². The third-order valence-electron chi connectivity index (χ3n) is 14.5. The van der Waals surface area contributed by atoms with Gasteiger partial charge in [0.1, 0.15) is 0 Å². The number of fused-ring (bicyclic) bond motifs is 10. The maximum atomic E-state index is 2.45. The summed E-state index contributed by atoms with van der Waals surface area (Å²) < 4.78 is 0. The SMILES string of the molecule is CC1(C)c2ccccc2-c2ccc3c(c21)C(C)(C)c1ccc(N(c2ccccc2)c2cccc(-c4ccccc4C4(c5ccccc5)c5ccccc5-c5ccccc54)c2)cc1-3. The lowest BCUT2D eigenvalue weighted by Crippen LogP contribution is -2.29. The summed E-state index contributed by atoms with van der Waals surface area (Å²) in [7, 11) is 0. The molecule has 3 aliphatic carbocycles. The first-order valence-corrected chi connectivity index (χ1v) is 22.0. The predicted octanol–water partition coefficient (Wildman–Crippen LogP) is 15.8. The molecule has 0 radical (unpaired) electrons. The van der Waals surface area contributed by atoms with E-state index in [0.717, 1.165) is 17.1 Å². The summed E-state index contributed by atoms with van der Waals surface area (Å²) in [5.74, 6) is 0. The van der Waals surface area contributed by atoms with Crippen LogP contribution in [0.15, 0.2) is 212 Å². The average Bonchev–Trinajstić information content (AvgIpc) is 3.84. The molecule has 0 N–H and O–H groups in total. The summed E-state index contributed by atoms with van der Waals surface area (Å²) in [5.41, 5.74) is 24.0. The van der Waals surface area contributed by atoms with Crippen molar-refractivity contribution in [2.45, 2.75) is 43.9 Å². The molecule has 62 heavy (non-hydrogen) atoms. The van der Waals surface area contributed by atoms with Crippen LogP contribution < -0.4 is 4.90 Å². The van der Waals surface area contributed by atoms with Crippen molar-refractivity contribution in [2.24, 2.45) is 0 Å². The van der Waals surface area contributed by atoms with Crippen LogP contribution in [0.3, 0.4) is 0 Å². The lowest BCUT2D eigenvalue weighted by atomic mass is 9.66. The molecule has 9 aromatic carbocycles. The van der Waals surface area contributed by atoms with Gasteiger partial charge in [0, 0.05) is 27.9 Å². The number of hydrogen-bond acceptors (Lipinski definition) is 1. The second-order valence-electron chi connectivity index (χ2n) is 18.4. The highest BCUT2D eigenvalue weighted by Crippen LogP contribution is 2.60. The van der Waals surface area contributed by atoms with E-state index in [1.807, 2.05) is 0 Å². The van der Waals surface area contributed by atoms with Gasteiger partial charge in [-0.2, -0.15) is 0 Å². The zero-order valence-corrected chi connectivity index (χ0v) is 35.7. The summed E-state index contributed by atoms with van der Waals surface area (Å²) in [5, 5.41) is 0. The number of benzene rings is 9. The fourth-order valence-electron chi connectivity index (χ4n) is 11.9. The molecule has 0 saturated heterocycles. The van der Waals surface area contributed by atoms with Gasteiger partial charge in [0.25, 0.3) is 0 Å². The lowest BCUT2D eigenvalue weighted by molar-refractivity contribution is 0.601. The van der Waals surface area contributed by atoms with Crippen LogP contribution in [0.5, 0.6) is 0 Å². The molecule has 1 nitrogen and oxygen atoms in total. The molecule has 0 bridgehead atoms. The van der Waals surface area contributed by atoms with Gasteiger partial charge < -0.3 is 4.90 Å². The molecule has 0 aromatic heterocycles. The van der Waals surface area contributed by atoms with E-state index in [4.69, 9.17) is 0 Å². The minimum atomic E-state index is -0.504. The minimum Gasteiger partial charge on any atom is -0.310 e. The van der Waals surface area contributed by atoms with Crippen molar-refractivity contribution in [3.63, 3.8) is 0 Å². The van der Waals surface area contributed by atoms with Crippen LogP contribution >= 0.6 is 0 Å². The molecule has 0 spiro atoms. The Balaban J connectivity index is 1.04. The molecule has 0 atom stereocenters. The normalized spacial score (nSPS) is 15.2. The summed E-state index contributed by atoms with van der Waals surface area (Å²) in [6.45, 7) is 9.68. The van der Waals surface area contributed by atoms with Crippen LogP contribution in [0, 0.1) is 0 Å². The lowest BCUT2D eigenvalue weighted by Gasteiger charge is -2.35. The Labute approximate surface area is 365 Å². The predicted molar refractivity (Wildman–Crippen MR) is 259 cm³/mol. The van der Waals surface area contributed by atoms with Crippen LogP contribution in [0.4, 0.5) is 17.1 Å². The number of hydrogen-bond donors (Lipinski definition) is 0. The van der Waals surface area contributed by atoms with Crippen molar-refractivity contribution < 1.29 is 0 Å². The maximum Gasteiger partial charge on any atom is 0.0719 e. The van der Waals surface area contributed by atoms with E-state index in [1.165, 1.54) is 89.0 Å². The molecule has 0 aliphatic heterocycles. The Hall–Kier alpha value is -7.22. The summed E-state index contributed by atoms with van der Waals surface area (Å²) in [6.07, 6.45) is 0. The van der Waals surface area contributed by atoms with E-state index in [0.29, 0.717) is 0 Å². The van der Waals surface area contributed by atoms with Gasteiger partial charge in [-0.25, -0.2) is 0 Å². The van der Waals surface area contributed by atoms with Gasteiger partial charge in [0.15, 0.2) is 0 Å². The highest BCUT2D eigenvalue weighted by atomic mass is 15.1. The molecule has 0 fully saturated rings. The van der Waals surface area contributed by atoms with Gasteiger partial charge in [-0.15, -0.1) is 0 Å². The number of para-hydroxylation sites is 1. The highest BCUT2D eigenvalue weighted by molar-refractivity contribution is 5.94. The molecule has 0 saturated carbocycles. The largest absolute Gasteiger partial charge is 0.310 e. The molecule has 0 unspecified atom stereocenters. The van der Waals surface area contributed by atoms with E-state index in [-0.39, 0.29) is 10.8 Å². The van der Waals surface area contributed by atoms with E-state index in [1.54, 1.807) is 0 Å². The Bertz CT molecular complexity index is 3200. The second-order valence-corrected chi connectivity index (χ2v) is 18.4. The monoisotopic (exact) mass is 793 g/mol. The molecule has 0 heterocycles. The fraction of sp³-hybridized carbons (Fsp3) is 0.115. The molecule has 1 heteroatoms. The first-order chi connectivity index (χ1) is 30.3. The van der Waals surface area contributed by atoms with Crippen molar-refractivity contribution in [2.75, 3.05) is 4.90 Å². The van der Waals surface area contributed by atoms with Crippen LogP contribution in [0.25, 0.3) is 44.5 Å². The molecular weight excluding hydrogens is 747 g/mol. The Morgan fingerprint density at radius 2 is 0.726 bits per heavy atom. The van der Waals surface area contributed by atoms with Crippen molar-refractivity contribution in [3.05, 3.63) is 257 Å². The first kappa shape index (κ1) is 36.6. The Morgan fingerprint density at radius 3 is 1.34 bits per heavy atom. The minimum absolute atomic E-state index is 0.0893. The average molecular weight is 794 g/mol. The van der Waals surface area contributed by atoms with Crippen LogP contribution in [0.2, 0.25) is 0 Å². The van der Waals surface area contributed by atoms with E-state index in [2.05, 4.69) is 245 Å².